The Morgan fingerprint density at radius 1 is 1.36 bits per heavy atom. The average molecular weight is 151 g/mol. The summed E-state index contributed by atoms with van der Waals surface area (Å²) in [7, 11) is 0. The van der Waals surface area contributed by atoms with Crippen LogP contribution < -0.4 is 0 Å². The van der Waals surface area contributed by atoms with Crippen molar-refractivity contribution in [3.05, 3.63) is 30.7 Å². The molecule has 0 bridgehead atoms. The first-order valence-corrected chi connectivity index (χ1v) is 4.41. The molecule has 0 aromatic rings. The van der Waals surface area contributed by atoms with E-state index in [-0.39, 0.29) is 0 Å². The Bertz CT molecular complexity index is 129. The fourth-order valence-electron chi connectivity index (χ4n) is 0.861. The van der Waals surface area contributed by atoms with Crippen molar-refractivity contribution in [3.63, 3.8) is 0 Å². The molecular weight excluding hydrogens is 132 g/mol. The molecule has 63 valence electrons. The maximum Gasteiger partial charge on any atom is -0.0142 e. The van der Waals surface area contributed by atoms with E-state index in [4.69, 9.17) is 0 Å². The number of unbranched alkanes of at least 4 members (excludes halogenated alkanes) is 1. The van der Waals surface area contributed by atoms with Crippen molar-refractivity contribution in [2.75, 3.05) is 0 Å². The van der Waals surface area contributed by atoms with Crippen LogP contribution in [0.2, 0.25) is 0 Å². The molecule has 0 aliphatic carbocycles. The van der Waals surface area contributed by atoms with Crippen LogP contribution in [0.5, 0.6) is 0 Å². The largest absolute Gasteiger partial charge is 0.0882 e. The van der Waals surface area contributed by atoms with Gasteiger partial charge < -0.3 is 0 Å². The molecule has 0 aromatic heterocycles. The summed E-state index contributed by atoms with van der Waals surface area (Å²) in [6, 6.07) is 0. The van der Waals surface area contributed by atoms with E-state index in [2.05, 4.69) is 39.0 Å². The van der Waals surface area contributed by atoms with Gasteiger partial charge in [0.25, 0.3) is 0 Å². The number of hydrogen-bond acceptors (Lipinski definition) is 0. The van der Waals surface area contributed by atoms with Gasteiger partial charge in [0.2, 0.25) is 0 Å². The third kappa shape index (κ3) is 7.38. The van der Waals surface area contributed by atoms with E-state index in [1.165, 1.54) is 18.4 Å². The zero-order valence-corrected chi connectivity index (χ0v) is 7.77. The first-order valence-electron chi connectivity index (χ1n) is 4.41. The molecule has 0 fully saturated rings. The Labute approximate surface area is 71.0 Å². The highest BCUT2D eigenvalue weighted by Gasteiger charge is 1.83. The summed E-state index contributed by atoms with van der Waals surface area (Å²) >= 11 is 0. The highest BCUT2D eigenvalue weighted by atomic mass is 13.9. The van der Waals surface area contributed by atoms with Crippen molar-refractivity contribution in [1.29, 1.82) is 0 Å². The van der Waals surface area contributed by atoms with Gasteiger partial charge in [-0.2, -0.15) is 0 Å². The average Bonchev–Trinajstić information content (AvgIpc) is 2.01. The molecule has 0 saturated heterocycles. The highest BCUT2D eigenvalue weighted by molar-refractivity contribution is 5.04. The Morgan fingerprint density at radius 3 is 2.64 bits per heavy atom. The van der Waals surface area contributed by atoms with Crippen LogP contribution in [-0.4, -0.2) is 0 Å². The molecule has 0 heterocycles. The van der Waals surface area contributed by atoms with Crippen LogP contribution >= 0.6 is 0 Å². The molecule has 1 radical (unpaired) electrons. The van der Waals surface area contributed by atoms with Crippen LogP contribution in [0.4, 0.5) is 0 Å². The molecule has 0 nitrogen and oxygen atoms in total. The molecule has 0 rings (SSSR count). The highest BCUT2D eigenvalue weighted by Crippen LogP contribution is 2.03. The summed E-state index contributed by atoms with van der Waals surface area (Å²) in [6.45, 7) is 8.13. The quantitative estimate of drug-likeness (QED) is 0.523. The second-order valence-corrected chi connectivity index (χ2v) is 2.80. The van der Waals surface area contributed by atoms with E-state index >= 15 is 0 Å². The molecule has 0 spiro atoms. The summed E-state index contributed by atoms with van der Waals surface area (Å²) < 4.78 is 0. The lowest BCUT2D eigenvalue weighted by Crippen LogP contribution is -1.73. The standard InChI is InChI=1S/C11H19/c1-4-6-8-10-11(3)9-7-5-2/h6,8-9H,1,4-5,7,10H2,2-3H3. The molecule has 0 atom stereocenters. The molecular formula is C11H19. The summed E-state index contributed by atoms with van der Waals surface area (Å²) in [5.74, 6) is 0. The van der Waals surface area contributed by atoms with Gasteiger partial charge in [0.1, 0.15) is 0 Å². The Morgan fingerprint density at radius 2 is 2.09 bits per heavy atom. The maximum atomic E-state index is 3.74. The summed E-state index contributed by atoms with van der Waals surface area (Å²) in [5.41, 5.74) is 1.47. The van der Waals surface area contributed by atoms with Gasteiger partial charge in [-0.25, -0.2) is 0 Å². The Balaban J connectivity index is 3.50. The van der Waals surface area contributed by atoms with Gasteiger partial charge in [-0.05, 0) is 33.1 Å². The van der Waals surface area contributed by atoms with Gasteiger partial charge in [0.15, 0.2) is 0 Å². The molecule has 11 heavy (non-hydrogen) atoms. The summed E-state index contributed by atoms with van der Waals surface area (Å²) in [4.78, 5) is 0. The van der Waals surface area contributed by atoms with E-state index in [0.717, 1.165) is 12.8 Å². The zero-order chi connectivity index (χ0) is 8.53. The first-order chi connectivity index (χ1) is 5.31. The monoisotopic (exact) mass is 151 g/mol. The number of rotatable bonds is 5. The van der Waals surface area contributed by atoms with Gasteiger partial charge in [-0.1, -0.05) is 37.1 Å². The van der Waals surface area contributed by atoms with Crippen molar-refractivity contribution in [2.24, 2.45) is 0 Å². The van der Waals surface area contributed by atoms with Crippen LogP contribution in [-0.2, 0) is 0 Å². The second kappa shape index (κ2) is 7.59. The molecule has 0 amide bonds. The van der Waals surface area contributed by atoms with E-state index in [1.807, 2.05) is 0 Å². The lowest BCUT2D eigenvalue weighted by molar-refractivity contribution is 0.941. The van der Waals surface area contributed by atoms with Crippen LogP contribution in [0.25, 0.3) is 0 Å². The van der Waals surface area contributed by atoms with Crippen molar-refractivity contribution in [1.82, 2.24) is 0 Å². The lowest BCUT2D eigenvalue weighted by atomic mass is 10.1. The molecule has 0 aromatic carbocycles. The molecule has 0 saturated carbocycles. The molecule has 0 N–H and O–H groups in total. The third-order valence-electron chi connectivity index (χ3n) is 1.55. The topological polar surface area (TPSA) is 0 Å². The maximum absolute atomic E-state index is 3.74. The smallest absolute Gasteiger partial charge is 0.0142 e. The second-order valence-electron chi connectivity index (χ2n) is 2.80. The van der Waals surface area contributed by atoms with Crippen LogP contribution in [0.3, 0.4) is 0 Å². The summed E-state index contributed by atoms with van der Waals surface area (Å²) in [6.07, 6.45) is 11.1. The van der Waals surface area contributed by atoms with Gasteiger partial charge in [-0.15, -0.1) is 0 Å². The SMILES string of the molecule is [CH2]CC=CCC(C)=CCCC. The minimum absolute atomic E-state index is 0.904. The van der Waals surface area contributed by atoms with Crippen LogP contribution in [0, 0.1) is 6.92 Å². The molecule has 0 heteroatoms. The van der Waals surface area contributed by atoms with Crippen molar-refractivity contribution >= 4 is 0 Å². The van der Waals surface area contributed by atoms with Gasteiger partial charge in [0.05, 0.1) is 0 Å². The Kier molecular flexibility index (Phi) is 7.23. The zero-order valence-electron chi connectivity index (χ0n) is 7.77. The Hall–Kier alpha value is -0.520. The van der Waals surface area contributed by atoms with Crippen LogP contribution in [0.15, 0.2) is 23.8 Å². The molecule has 0 aliphatic rings. The normalized spacial score (nSPS) is 12.8. The van der Waals surface area contributed by atoms with Crippen LogP contribution in [0.1, 0.15) is 39.5 Å². The van der Waals surface area contributed by atoms with Crippen molar-refractivity contribution in [2.45, 2.75) is 39.5 Å². The first kappa shape index (κ1) is 10.5. The summed E-state index contributed by atoms with van der Waals surface area (Å²) in [5, 5.41) is 0. The molecule has 0 aliphatic heterocycles. The fraction of sp³-hybridized carbons (Fsp3) is 0.545. The van der Waals surface area contributed by atoms with Crippen molar-refractivity contribution in [3.8, 4) is 0 Å². The third-order valence-corrected chi connectivity index (χ3v) is 1.55. The van der Waals surface area contributed by atoms with E-state index in [1.54, 1.807) is 0 Å². The minimum atomic E-state index is 0.904. The van der Waals surface area contributed by atoms with Gasteiger partial charge in [-0.3, -0.25) is 0 Å². The lowest BCUT2D eigenvalue weighted by Gasteiger charge is -1.93. The van der Waals surface area contributed by atoms with Gasteiger partial charge >= 0.3 is 0 Å². The van der Waals surface area contributed by atoms with E-state index < -0.39 is 0 Å². The molecule has 0 unspecified atom stereocenters. The van der Waals surface area contributed by atoms with Crippen molar-refractivity contribution < 1.29 is 0 Å². The van der Waals surface area contributed by atoms with E-state index in [9.17, 15) is 0 Å². The van der Waals surface area contributed by atoms with Gasteiger partial charge in [0, 0.05) is 0 Å². The van der Waals surface area contributed by atoms with E-state index in [0.29, 0.717) is 0 Å². The number of hydrogen-bond donors (Lipinski definition) is 0. The predicted octanol–water partition coefficient (Wildman–Crippen LogP) is 3.90. The predicted molar refractivity (Wildman–Crippen MR) is 52.4 cm³/mol. The fourth-order valence-corrected chi connectivity index (χ4v) is 0.861. The minimum Gasteiger partial charge on any atom is -0.0882 e. The number of allylic oxidation sites excluding steroid dienone is 4.